The molecule has 0 atom stereocenters. The van der Waals surface area contributed by atoms with Gasteiger partial charge in [-0.3, -0.25) is 4.79 Å². The maximum absolute atomic E-state index is 12.9. The number of carbonyl (C=O) groups excluding carboxylic acids is 1. The van der Waals surface area contributed by atoms with E-state index < -0.39 is 11.7 Å². The van der Waals surface area contributed by atoms with Crippen LogP contribution >= 0.6 is 0 Å². The fourth-order valence-electron chi connectivity index (χ4n) is 2.51. The number of ether oxygens (including phenoxy) is 1. The van der Waals surface area contributed by atoms with E-state index in [9.17, 15) is 9.18 Å². The van der Waals surface area contributed by atoms with Gasteiger partial charge in [0.25, 0.3) is 5.91 Å². The van der Waals surface area contributed by atoms with E-state index in [1.54, 1.807) is 6.21 Å². The first-order valence-electron chi connectivity index (χ1n) is 7.92. The number of nitrogens with one attached hydrogen (secondary N) is 1. The number of nitrogens with zero attached hydrogens (tertiary/aromatic N) is 1. The molecule has 0 fully saturated rings. The Hall–Kier alpha value is -3.21. The van der Waals surface area contributed by atoms with E-state index in [1.165, 1.54) is 24.3 Å². The maximum atomic E-state index is 12.9. The van der Waals surface area contributed by atoms with Crippen LogP contribution in [0.5, 0.6) is 5.75 Å². The van der Waals surface area contributed by atoms with Crippen molar-refractivity contribution in [2.45, 2.75) is 6.92 Å². The Balaban J connectivity index is 1.86. The van der Waals surface area contributed by atoms with Gasteiger partial charge < -0.3 is 4.74 Å². The highest BCUT2D eigenvalue weighted by atomic mass is 19.1. The Bertz CT molecular complexity index is 921. The lowest BCUT2D eigenvalue weighted by Crippen LogP contribution is -2.17. The second-order valence-corrected chi connectivity index (χ2v) is 5.34. The fraction of sp³-hybridized carbons (Fsp3) is 0.100. The van der Waals surface area contributed by atoms with Crippen LogP contribution < -0.4 is 10.2 Å². The summed E-state index contributed by atoms with van der Waals surface area (Å²) in [7, 11) is 0. The van der Waals surface area contributed by atoms with Crippen LogP contribution in [0.3, 0.4) is 0 Å². The number of carbonyl (C=O) groups is 1. The van der Waals surface area contributed by atoms with Crippen molar-refractivity contribution in [1.82, 2.24) is 5.43 Å². The SMILES string of the molecule is CCOc1ccc2ccccc2c1/C=N\NC(=O)c1ccc(F)cc1. The van der Waals surface area contributed by atoms with Crippen molar-refractivity contribution < 1.29 is 13.9 Å². The van der Waals surface area contributed by atoms with E-state index in [0.717, 1.165) is 16.3 Å². The molecule has 3 aromatic carbocycles. The molecule has 0 spiro atoms. The number of fused-ring (bicyclic) bond motifs is 1. The van der Waals surface area contributed by atoms with Gasteiger partial charge in [-0.2, -0.15) is 5.10 Å². The quantitative estimate of drug-likeness (QED) is 0.562. The van der Waals surface area contributed by atoms with Gasteiger partial charge in [0.2, 0.25) is 0 Å². The Morgan fingerprint density at radius 1 is 1.12 bits per heavy atom. The minimum absolute atomic E-state index is 0.335. The molecule has 0 saturated heterocycles. The molecule has 3 rings (SSSR count). The standard InChI is InChI=1S/C20H17FN2O2/c1-2-25-19-12-9-14-5-3-4-6-17(14)18(19)13-22-23-20(24)15-7-10-16(21)11-8-15/h3-13H,2H2,1H3,(H,23,24)/b22-13-. The molecule has 0 aliphatic rings. The fourth-order valence-corrected chi connectivity index (χ4v) is 2.51. The van der Waals surface area contributed by atoms with Crippen molar-refractivity contribution in [3.05, 3.63) is 77.6 Å². The number of hydrogen-bond donors (Lipinski definition) is 1. The zero-order valence-corrected chi connectivity index (χ0v) is 13.7. The van der Waals surface area contributed by atoms with Crippen LogP contribution in [0.4, 0.5) is 4.39 Å². The van der Waals surface area contributed by atoms with Gasteiger partial charge in [0.1, 0.15) is 11.6 Å². The summed E-state index contributed by atoms with van der Waals surface area (Å²) in [5.74, 6) is -0.104. The molecule has 5 heteroatoms. The Morgan fingerprint density at radius 3 is 2.64 bits per heavy atom. The summed E-state index contributed by atoms with van der Waals surface area (Å²) >= 11 is 0. The number of halogens is 1. The molecule has 0 unspecified atom stereocenters. The predicted molar refractivity (Wildman–Crippen MR) is 96.6 cm³/mol. The summed E-state index contributed by atoms with van der Waals surface area (Å²) < 4.78 is 18.6. The average Bonchev–Trinajstić information content (AvgIpc) is 2.64. The summed E-state index contributed by atoms with van der Waals surface area (Å²) in [5.41, 5.74) is 3.58. The lowest BCUT2D eigenvalue weighted by molar-refractivity contribution is 0.0955. The highest BCUT2D eigenvalue weighted by Crippen LogP contribution is 2.26. The van der Waals surface area contributed by atoms with Gasteiger partial charge in [-0.1, -0.05) is 30.3 Å². The Labute approximate surface area is 144 Å². The van der Waals surface area contributed by atoms with E-state index in [0.29, 0.717) is 17.9 Å². The second-order valence-electron chi connectivity index (χ2n) is 5.34. The predicted octanol–water partition coefficient (Wildman–Crippen LogP) is 4.14. The average molecular weight is 336 g/mol. The van der Waals surface area contributed by atoms with E-state index in [-0.39, 0.29) is 0 Å². The summed E-state index contributed by atoms with van der Waals surface area (Å²) in [6.45, 7) is 2.44. The first kappa shape index (κ1) is 16.6. The molecule has 25 heavy (non-hydrogen) atoms. The zero-order chi connectivity index (χ0) is 17.6. The van der Waals surface area contributed by atoms with E-state index in [1.807, 2.05) is 43.3 Å². The van der Waals surface area contributed by atoms with Crippen LogP contribution in [0.15, 0.2) is 65.8 Å². The Morgan fingerprint density at radius 2 is 1.88 bits per heavy atom. The maximum Gasteiger partial charge on any atom is 0.271 e. The molecule has 1 amide bonds. The van der Waals surface area contributed by atoms with E-state index in [4.69, 9.17) is 4.74 Å². The molecule has 0 aliphatic heterocycles. The van der Waals surface area contributed by atoms with Crippen LogP contribution in [0.1, 0.15) is 22.8 Å². The van der Waals surface area contributed by atoms with Gasteiger partial charge in [0.15, 0.2) is 0 Å². The molecule has 3 aromatic rings. The van der Waals surface area contributed by atoms with Crippen molar-refractivity contribution in [3.8, 4) is 5.75 Å². The molecule has 0 radical (unpaired) electrons. The van der Waals surface area contributed by atoms with Crippen LogP contribution in [-0.4, -0.2) is 18.7 Å². The van der Waals surface area contributed by atoms with E-state index >= 15 is 0 Å². The van der Waals surface area contributed by atoms with Crippen molar-refractivity contribution in [1.29, 1.82) is 0 Å². The minimum atomic E-state index is -0.408. The number of rotatable bonds is 5. The largest absolute Gasteiger partial charge is 0.493 e. The summed E-state index contributed by atoms with van der Waals surface area (Å²) in [6.07, 6.45) is 1.56. The van der Waals surface area contributed by atoms with Gasteiger partial charge in [0.05, 0.1) is 12.8 Å². The summed E-state index contributed by atoms with van der Waals surface area (Å²) in [6, 6.07) is 17.0. The third-order valence-electron chi connectivity index (χ3n) is 3.70. The van der Waals surface area contributed by atoms with Crippen molar-refractivity contribution >= 4 is 22.9 Å². The number of amides is 1. The molecule has 0 bridgehead atoms. The van der Waals surface area contributed by atoms with Crippen molar-refractivity contribution in [3.63, 3.8) is 0 Å². The summed E-state index contributed by atoms with van der Waals surface area (Å²) in [5, 5.41) is 6.07. The lowest BCUT2D eigenvalue weighted by Gasteiger charge is -2.10. The first-order chi connectivity index (χ1) is 12.2. The van der Waals surface area contributed by atoms with Crippen LogP contribution in [0.2, 0.25) is 0 Å². The van der Waals surface area contributed by atoms with Gasteiger partial charge in [-0.25, -0.2) is 9.82 Å². The minimum Gasteiger partial charge on any atom is -0.493 e. The molecular formula is C20H17FN2O2. The topological polar surface area (TPSA) is 50.7 Å². The number of hydrazone groups is 1. The summed E-state index contributed by atoms with van der Waals surface area (Å²) in [4.78, 5) is 12.0. The molecule has 0 aromatic heterocycles. The monoisotopic (exact) mass is 336 g/mol. The molecule has 0 heterocycles. The lowest BCUT2D eigenvalue weighted by atomic mass is 10.0. The van der Waals surface area contributed by atoms with Gasteiger partial charge >= 0.3 is 0 Å². The first-order valence-corrected chi connectivity index (χ1v) is 7.92. The number of benzene rings is 3. The highest BCUT2D eigenvalue weighted by molar-refractivity contribution is 6.03. The normalized spacial score (nSPS) is 11.0. The molecule has 1 N–H and O–H groups in total. The molecule has 126 valence electrons. The molecule has 4 nitrogen and oxygen atoms in total. The van der Waals surface area contributed by atoms with Crippen LogP contribution in [0, 0.1) is 5.82 Å². The number of hydrogen-bond acceptors (Lipinski definition) is 3. The van der Waals surface area contributed by atoms with E-state index in [2.05, 4.69) is 10.5 Å². The van der Waals surface area contributed by atoms with Gasteiger partial charge in [-0.05, 0) is 48.0 Å². The Kier molecular flexibility index (Phi) is 5.04. The smallest absolute Gasteiger partial charge is 0.271 e. The van der Waals surface area contributed by atoms with Crippen LogP contribution in [0.25, 0.3) is 10.8 Å². The highest BCUT2D eigenvalue weighted by Gasteiger charge is 2.08. The van der Waals surface area contributed by atoms with Gasteiger partial charge in [0, 0.05) is 11.1 Å². The van der Waals surface area contributed by atoms with Crippen LogP contribution in [-0.2, 0) is 0 Å². The zero-order valence-electron chi connectivity index (χ0n) is 13.7. The van der Waals surface area contributed by atoms with Crippen molar-refractivity contribution in [2.24, 2.45) is 5.10 Å². The third-order valence-corrected chi connectivity index (χ3v) is 3.70. The van der Waals surface area contributed by atoms with Gasteiger partial charge in [-0.15, -0.1) is 0 Å². The van der Waals surface area contributed by atoms with Crippen molar-refractivity contribution in [2.75, 3.05) is 6.61 Å². The third kappa shape index (κ3) is 3.83. The molecule has 0 aliphatic carbocycles. The molecule has 0 saturated carbocycles. The second kappa shape index (κ2) is 7.57. The molecular weight excluding hydrogens is 319 g/mol.